The van der Waals surface area contributed by atoms with Gasteiger partial charge in [0.1, 0.15) is 12.4 Å². The van der Waals surface area contributed by atoms with Crippen LogP contribution in [0.25, 0.3) is 15.8 Å². The predicted molar refractivity (Wildman–Crippen MR) is 170 cm³/mol. The molecule has 0 radical (unpaired) electrons. The molecule has 4 aromatic rings. The van der Waals surface area contributed by atoms with E-state index in [2.05, 4.69) is 15.6 Å². The van der Waals surface area contributed by atoms with Crippen LogP contribution in [0, 0.1) is 5.82 Å². The molecule has 45 heavy (non-hydrogen) atoms. The summed E-state index contributed by atoms with van der Waals surface area (Å²) in [6.45, 7) is 2.48. The quantitative estimate of drug-likeness (QED) is 0.225. The van der Waals surface area contributed by atoms with Crippen LogP contribution < -0.4 is 20.3 Å². The SMILES string of the molecule is CNCCOC(=O)N1CC=C(c2cc3nccc(Oc4ccc(NC(=O)N5CCN(c6ccccc6)C5=O)cc4F)c3s2)CC1. The highest BCUT2D eigenvalue weighted by Gasteiger charge is 2.34. The topological polar surface area (TPSA) is 116 Å². The number of amides is 5. The Balaban J connectivity index is 1.10. The minimum atomic E-state index is -0.676. The van der Waals surface area contributed by atoms with Crippen molar-refractivity contribution >= 4 is 56.7 Å². The number of carbonyl (C=O) groups excluding carboxylic acids is 3. The molecule has 2 N–H and O–H groups in total. The maximum absolute atomic E-state index is 15.2. The molecule has 4 heterocycles. The highest BCUT2D eigenvalue weighted by molar-refractivity contribution is 7.20. The highest BCUT2D eigenvalue weighted by Crippen LogP contribution is 2.39. The number of nitrogens with one attached hydrogen (secondary N) is 2. The van der Waals surface area contributed by atoms with E-state index in [9.17, 15) is 14.4 Å². The summed E-state index contributed by atoms with van der Waals surface area (Å²) in [7, 11) is 1.80. The molecule has 0 unspecified atom stereocenters. The number of nitrogens with zero attached hydrogens (tertiary/aromatic N) is 4. The standard InChI is InChI=1S/C32H31FN6O5S/c1-34-13-18-43-32(42)37-14-10-21(11-15-37)28-20-25-29(45-28)27(9-12-35-25)44-26-8-7-22(19-24(26)33)36-30(40)39-17-16-38(31(39)41)23-5-3-2-4-6-23/h2-10,12,19-20,34H,11,13-18H2,1H3,(H,36,40). The minimum Gasteiger partial charge on any atom is -0.453 e. The molecule has 2 aromatic carbocycles. The monoisotopic (exact) mass is 630 g/mol. The Hall–Kier alpha value is -5.01. The van der Waals surface area contributed by atoms with Crippen LogP contribution in [0.4, 0.5) is 30.1 Å². The number of pyridine rings is 1. The van der Waals surface area contributed by atoms with E-state index in [1.165, 1.54) is 28.4 Å². The van der Waals surface area contributed by atoms with E-state index in [-0.39, 0.29) is 24.1 Å². The molecule has 2 aliphatic rings. The molecule has 1 saturated heterocycles. The predicted octanol–water partition coefficient (Wildman–Crippen LogP) is 6.15. The van der Waals surface area contributed by atoms with Gasteiger partial charge in [0.15, 0.2) is 11.6 Å². The molecule has 0 atom stereocenters. The lowest BCUT2D eigenvalue weighted by Gasteiger charge is -2.25. The lowest BCUT2D eigenvalue weighted by atomic mass is 10.1. The van der Waals surface area contributed by atoms with Crippen molar-refractivity contribution in [3.05, 3.63) is 83.6 Å². The van der Waals surface area contributed by atoms with Crippen LogP contribution in [-0.4, -0.2) is 79.3 Å². The number of likely N-dealkylation sites (N-methyl/N-ethyl adjacent to an activating group) is 1. The van der Waals surface area contributed by atoms with Crippen LogP contribution in [-0.2, 0) is 4.74 Å². The van der Waals surface area contributed by atoms with Crippen molar-refractivity contribution < 1.29 is 28.2 Å². The summed E-state index contributed by atoms with van der Waals surface area (Å²) in [4.78, 5) is 47.7. The molecule has 5 amide bonds. The second kappa shape index (κ2) is 13.3. The molecule has 0 bridgehead atoms. The fourth-order valence-electron chi connectivity index (χ4n) is 5.09. The first-order valence-corrected chi connectivity index (χ1v) is 15.3. The largest absolute Gasteiger partial charge is 0.453 e. The summed E-state index contributed by atoms with van der Waals surface area (Å²) in [5.74, 6) is -0.251. The smallest absolute Gasteiger partial charge is 0.410 e. The van der Waals surface area contributed by atoms with E-state index in [1.54, 1.807) is 36.3 Å². The Bertz CT molecular complexity index is 1760. The van der Waals surface area contributed by atoms with Crippen molar-refractivity contribution in [2.45, 2.75) is 6.42 Å². The lowest BCUT2D eigenvalue weighted by Crippen LogP contribution is -2.39. The van der Waals surface area contributed by atoms with E-state index in [0.717, 1.165) is 26.1 Å². The Morgan fingerprint density at radius 2 is 1.89 bits per heavy atom. The Labute approximate surface area is 262 Å². The number of anilines is 2. The number of fused-ring (bicyclic) bond motifs is 1. The molecular weight excluding hydrogens is 599 g/mol. The van der Waals surface area contributed by atoms with Crippen molar-refractivity contribution in [1.82, 2.24) is 20.1 Å². The zero-order chi connectivity index (χ0) is 31.3. The first-order valence-electron chi connectivity index (χ1n) is 14.5. The number of carbonyl (C=O) groups is 3. The van der Waals surface area contributed by atoms with Gasteiger partial charge in [-0.3, -0.25) is 9.88 Å². The van der Waals surface area contributed by atoms with Gasteiger partial charge in [-0.2, -0.15) is 0 Å². The van der Waals surface area contributed by atoms with Gasteiger partial charge in [-0.05, 0) is 49.4 Å². The van der Waals surface area contributed by atoms with Crippen LogP contribution >= 0.6 is 11.3 Å². The van der Waals surface area contributed by atoms with Gasteiger partial charge in [0, 0.05) is 60.8 Å². The first-order chi connectivity index (χ1) is 21.9. The lowest BCUT2D eigenvalue weighted by molar-refractivity contribution is 0.107. The number of thiophene rings is 1. The van der Waals surface area contributed by atoms with Gasteiger partial charge in [-0.15, -0.1) is 11.3 Å². The zero-order valence-electron chi connectivity index (χ0n) is 24.5. The zero-order valence-corrected chi connectivity index (χ0v) is 25.3. The number of halogens is 1. The van der Waals surface area contributed by atoms with Crippen LogP contribution in [0.15, 0.2) is 72.9 Å². The fourth-order valence-corrected chi connectivity index (χ4v) is 6.22. The summed E-state index contributed by atoms with van der Waals surface area (Å²) in [6, 6.07) is 15.8. The van der Waals surface area contributed by atoms with Gasteiger partial charge in [0.2, 0.25) is 0 Å². The number of para-hydroxylation sites is 1. The number of imide groups is 1. The molecule has 0 saturated carbocycles. The van der Waals surface area contributed by atoms with Crippen molar-refractivity contribution in [2.24, 2.45) is 0 Å². The molecule has 11 nitrogen and oxygen atoms in total. The summed E-state index contributed by atoms with van der Waals surface area (Å²) in [6.07, 6.45) is 3.94. The second-order valence-electron chi connectivity index (χ2n) is 10.4. The van der Waals surface area contributed by atoms with Crippen LogP contribution in [0.2, 0.25) is 0 Å². The van der Waals surface area contributed by atoms with Crippen molar-refractivity contribution in [1.29, 1.82) is 0 Å². The van der Waals surface area contributed by atoms with Gasteiger partial charge in [-0.1, -0.05) is 24.3 Å². The van der Waals surface area contributed by atoms with E-state index in [1.807, 2.05) is 30.3 Å². The molecule has 0 spiro atoms. The second-order valence-corrected chi connectivity index (χ2v) is 11.4. The molecule has 2 aliphatic heterocycles. The molecule has 6 rings (SSSR count). The number of aromatic nitrogens is 1. The molecule has 1 fully saturated rings. The Kier molecular flexibility index (Phi) is 8.89. The third kappa shape index (κ3) is 6.59. The van der Waals surface area contributed by atoms with Crippen molar-refractivity contribution in [3.63, 3.8) is 0 Å². The van der Waals surface area contributed by atoms with Crippen LogP contribution in [0.5, 0.6) is 11.5 Å². The Morgan fingerprint density at radius 1 is 1.04 bits per heavy atom. The molecule has 232 valence electrons. The highest BCUT2D eigenvalue weighted by atomic mass is 32.1. The fraction of sp³-hybridized carbons (Fsp3) is 0.250. The molecule has 13 heteroatoms. The van der Waals surface area contributed by atoms with Gasteiger partial charge in [0.25, 0.3) is 0 Å². The van der Waals surface area contributed by atoms with Gasteiger partial charge in [-0.25, -0.2) is 23.7 Å². The molecular formula is C32H31FN6O5S. The van der Waals surface area contributed by atoms with Gasteiger partial charge >= 0.3 is 18.2 Å². The molecule has 2 aromatic heterocycles. The number of hydrogen-bond donors (Lipinski definition) is 2. The van der Waals surface area contributed by atoms with E-state index in [4.69, 9.17) is 9.47 Å². The molecule has 0 aliphatic carbocycles. The van der Waals surface area contributed by atoms with Crippen LogP contribution in [0.3, 0.4) is 0 Å². The van der Waals surface area contributed by atoms with Gasteiger partial charge in [0.05, 0.1) is 16.8 Å². The summed E-state index contributed by atoms with van der Waals surface area (Å²) >= 11 is 1.49. The number of hydrogen-bond acceptors (Lipinski definition) is 8. The minimum absolute atomic E-state index is 0.0211. The summed E-state index contributed by atoms with van der Waals surface area (Å²) in [5, 5.41) is 5.55. The van der Waals surface area contributed by atoms with Crippen LogP contribution in [0.1, 0.15) is 11.3 Å². The average molecular weight is 631 g/mol. The summed E-state index contributed by atoms with van der Waals surface area (Å²) < 4.78 is 27.2. The summed E-state index contributed by atoms with van der Waals surface area (Å²) in [5.41, 5.74) is 2.70. The normalized spacial score (nSPS) is 14.9. The number of rotatable bonds is 8. The third-order valence-corrected chi connectivity index (χ3v) is 8.68. The van der Waals surface area contributed by atoms with Crippen molar-refractivity contribution in [2.75, 3.05) is 56.6 Å². The number of urea groups is 2. The number of ether oxygens (including phenoxy) is 2. The van der Waals surface area contributed by atoms with E-state index in [0.29, 0.717) is 56.2 Å². The maximum Gasteiger partial charge on any atom is 0.410 e. The van der Waals surface area contributed by atoms with Gasteiger partial charge < -0.3 is 25.0 Å². The number of benzene rings is 2. The average Bonchev–Trinajstić information content (AvgIpc) is 3.67. The van der Waals surface area contributed by atoms with Crippen molar-refractivity contribution in [3.8, 4) is 11.5 Å². The Morgan fingerprint density at radius 3 is 2.64 bits per heavy atom. The first kappa shape index (κ1) is 30.0. The van der Waals surface area contributed by atoms with E-state index < -0.39 is 17.9 Å². The maximum atomic E-state index is 15.2. The third-order valence-electron chi connectivity index (χ3n) is 7.46. The van der Waals surface area contributed by atoms with E-state index >= 15 is 4.39 Å².